The summed E-state index contributed by atoms with van der Waals surface area (Å²) >= 11 is 0. The van der Waals surface area contributed by atoms with Crippen LogP contribution in [0.3, 0.4) is 0 Å². The Labute approximate surface area is 192 Å². The van der Waals surface area contributed by atoms with Gasteiger partial charge in [0.1, 0.15) is 0 Å². The largest absolute Gasteiger partial charge is 0.494 e. The van der Waals surface area contributed by atoms with Gasteiger partial charge in [0.2, 0.25) is 11.7 Å². The van der Waals surface area contributed by atoms with Gasteiger partial charge >= 0.3 is 0 Å². The van der Waals surface area contributed by atoms with Gasteiger partial charge in [0.15, 0.2) is 23.2 Å². The monoisotopic (exact) mass is 468 g/mol. The van der Waals surface area contributed by atoms with Crippen molar-refractivity contribution in [2.75, 3.05) is 13.7 Å². The van der Waals surface area contributed by atoms with E-state index in [1.807, 2.05) is 0 Å². The summed E-state index contributed by atoms with van der Waals surface area (Å²) in [6, 6.07) is 3.40. The second-order valence-electron chi connectivity index (χ2n) is 9.08. The molecule has 1 aromatic rings. The van der Waals surface area contributed by atoms with Gasteiger partial charge in [-0.3, -0.25) is 0 Å². The van der Waals surface area contributed by atoms with Gasteiger partial charge in [-0.25, -0.2) is 8.78 Å². The maximum atomic E-state index is 14.9. The maximum absolute atomic E-state index is 14.9. The predicted molar refractivity (Wildman–Crippen MR) is 119 cm³/mol. The lowest BCUT2D eigenvalue weighted by molar-refractivity contribution is 0.122. The van der Waals surface area contributed by atoms with Gasteiger partial charge in [0, 0.05) is 0 Å². The molecule has 0 spiro atoms. The Bertz CT molecular complexity index is 895. The molecule has 0 aromatic heterocycles. The van der Waals surface area contributed by atoms with Crippen molar-refractivity contribution in [1.82, 2.24) is 0 Å². The van der Waals surface area contributed by atoms with E-state index < -0.39 is 34.8 Å². The number of methoxy groups -OCH3 is 1. The van der Waals surface area contributed by atoms with Crippen LogP contribution in [0.5, 0.6) is 0 Å². The number of benzene rings is 1. The highest BCUT2D eigenvalue weighted by molar-refractivity contribution is 5.32. The molecule has 3 nitrogen and oxygen atoms in total. The lowest BCUT2D eigenvalue weighted by Crippen LogP contribution is -2.20. The van der Waals surface area contributed by atoms with Crippen molar-refractivity contribution in [1.29, 1.82) is 0 Å². The second-order valence-corrected chi connectivity index (χ2v) is 9.08. The fraction of sp³-hybridized carbons (Fsp3) is 0.538. The van der Waals surface area contributed by atoms with E-state index >= 15 is 0 Å². The van der Waals surface area contributed by atoms with Gasteiger partial charge in [-0.15, -0.1) is 0 Å². The Morgan fingerprint density at radius 2 is 1.30 bits per heavy atom. The molecule has 2 aliphatic rings. The molecule has 0 saturated heterocycles. The van der Waals surface area contributed by atoms with Gasteiger partial charge in [-0.1, -0.05) is 25.3 Å². The highest BCUT2D eigenvalue weighted by Gasteiger charge is 2.29. The Balaban J connectivity index is 1.55. The molecule has 0 amide bonds. The summed E-state index contributed by atoms with van der Waals surface area (Å²) in [6.45, 7) is 6.83. The Kier molecular flexibility index (Phi) is 8.63. The summed E-state index contributed by atoms with van der Waals surface area (Å²) in [5, 5.41) is 9.66. The fourth-order valence-electron chi connectivity index (χ4n) is 4.85. The van der Waals surface area contributed by atoms with Crippen molar-refractivity contribution in [2.45, 2.75) is 69.3 Å². The molecule has 0 unspecified atom stereocenters. The fourth-order valence-corrected chi connectivity index (χ4v) is 4.85. The zero-order valence-corrected chi connectivity index (χ0v) is 19.0. The number of hydrogen-bond acceptors (Lipinski definition) is 3. The molecule has 0 radical (unpaired) electrons. The summed E-state index contributed by atoms with van der Waals surface area (Å²) in [4.78, 5) is 0. The molecule has 2 aliphatic carbocycles. The molecule has 1 aromatic carbocycles. The Morgan fingerprint density at radius 1 is 0.848 bits per heavy atom. The van der Waals surface area contributed by atoms with Crippen molar-refractivity contribution in [3.8, 4) is 0 Å². The van der Waals surface area contributed by atoms with E-state index in [9.17, 15) is 22.7 Å². The molecule has 0 atom stereocenters. The first-order valence-electron chi connectivity index (χ1n) is 11.5. The Morgan fingerprint density at radius 3 is 1.79 bits per heavy atom. The van der Waals surface area contributed by atoms with E-state index in [2.05, 4.69) is 17.9 Å². The zero-order chi connectivity index (χ0) is 24.1. The normalized spacial score (nSPS) is 26.4. The van der Waals surface area contributed by atoms with Gasteiger partial charge in [0.05, 0.1) is 19.8 Å². The van der Waals surface area contributed by atoms with Crippen LogP contribution in [0.1, 0.15) is 74.3 Å². The lowest BCUT2D eigenvalue weighted by Gasteiger charge is -2.30. The Hall–Kier alpha value is -2.28. The first kappa shape index (κ1) is 25.3. The van der Waals surface area contributed by atoms with Crippen LogP contribution in [0.4, 0.5) is 17.6 Å². The number of aliphatic hydroxyl groups is 1. The number of halogens is 4. The number of rotatable bonds is 8. The molecule has 0 heterocycles. The molecule has 33 heavy (non-hydrogen) atoms. The van der Waals surface area contributed by atoms with Crippen molar-refractivity contribution >= 4 is 0 Å². The van der Waals surface area contributed by atoms with E-state index in [-0.39, 0.29) is 30.5 Å². The van der Waals surface area contributed by atoms with E-state index in [4.69, 9.17) is 4.74 Å². The van der Waals surface area contributed by atoms with E-state index in [1.54, 1.807) is 12.1 Å². The topological polar surface area (TPSA) is 38.7 Å². The minimum atomic E-state index is -1.25. The van der Waals surface area contributed by atoms with Gasteiger partial charge in [-0.2, -0.15) is 8.78 Å². The highest BCUT2D eigenvalue weighted by atomic mass is 19.2. The lowest BCUT2D eigenvalue weighted by atomic mass is 9.77. The van der Waals surface area contributed by atoms with E-state index in [0.717, 1.165) is 0 Å². The number of hydrogen-bond donors (Lipinski definition) is 1. The maximum Gasteiger partial charge on any atom is 0.203 e. The van der Waals surface area contributed by atoms with E-state index in [0.29, 0.717) is 62.5 Å². The van der Waals surface area contributed by atoms with Gasteiger partial charge in [0.25, 0.3) is 0 Å². The minimum absolute atomic E-state index is 0.0572. The molecule has 0 bridgehead atoms. The highest BCUT2D eigenvalue weighted by Crippen LogP contribution is 2.40. The molecule has 0 aliphatic heterocycles. The molecule has 2 saturated carbocycles. The molecular weight excluding hydrogens is 436 g/mol. The first-order chi connectivity index (χ1) is 15.7. The van der Waals surface area contributed by atoms with E-state index in [1.165, 1.54) is 7.11 Å². The third-order valence-electron chi connectivity index (χ3n) is 6.99. The average Bonchev–Trinajstić information content (AvgIpc) is 2.83. The molecule has 1 N–H and O–H groups in total. The molecule has 2 fully saturated rings. The van der Waals surface area contributed by atoms with Crippen molar-refractivity contribution < 1.29 is 32.1 Å². The molecular formula is C26H32F4O3. The summed E-state index contributed by atoms with van der Waals surface area (Å²) in [6.07, 6.45) is 4.89. The van der Waals surface area contributed by atoms with Crippen molar-refractivity contribution in [2.24, 2.45) is 5.92 Å². The third-order valence-corrected chi connectivity index (χ3v) is 6.99. The predicted octanol–water partition coefficient (Wildman–Crippen LogP) is 7.10. The van der Waals surface area contributed by atoms with Crippen LogP contribution in [0.2, 0.25) is 0 Å². The van der Waals surface area contributed by atoms with Crippen LogP contribution in [0.15, 0.2) is 48.5 Å². The summed E-state index contributed by atoms with van der Waals surface area (Å²) in [7, 11) is 1.18. The van der Waals surface area contributed by atoms with Crippen LogP contribution in [0, 0.1) is 17.6 Å². The third kappa shape index (κ3) is 5.99. The van der Waals surface area contributed by atoms with Gasteiger partial charge in [-0.05, 0) is 80.2 Å². The van der Waals surface area contributed by atoms with Crippen molar-refractivity contribution in [3.05, 3.63) is 71.2 Å². The average molecular weight is 469 g/mol. The molecule has 3 rings (SSSR count). The number of aliphatic hydroxyl groups excluding tert-OH is 1. The van der Waals surface area contributed by atoms with Crippen LogP contribution < -0.4 is 0 Å². The van der Waals surface area contributed by atoms with Crippen LogP contribution >= 0.6 is 0 Å². The molecule has 7 heteroatoms. The van der Waals surface area contributed by atoms with Gasteiger partial charge < -0.3 is 14.6 Å². The molecule has 182 valence electrons. The first-order valence-corrected chi connectivity index (χ1v) is 11.5. The summed E-state index contributed by atoms with van der Waals surface area (Å²) in [5.41, 5.74) is 0.798. The van der Waals surface area contributed by atoms with Crippen LogP contribution in [0.25, 0.3) is 0 Å². The summed E-state index contributed by atoms with van der Waals surface area (Å²) < 4.78 is 67.4. The minimum Gasteiger partial charge on any atom is -0.494 e. The van der Waals surface area contributed by atoms with Crippen molar-refractivity contribution in [3.63, 3.8) is 0 Å². The smallest absolute Gasteiger partial charge is 0.203 e. The number of allylic oxidation sites excluding steroid dienone is 2. The number of ether oxygens (including phenoxy) is 2. The van der Waals surface area contributed by atoms with Crippen LogP contribution in [-0.4, -0.2) is 24.9 Å². The zero-order valence-electron chi connectivity index (χ0n) is 19.0. The quantitative estimate of drug-likeness (QED) is 0.251. The SMILES string of the molecule is C=C(OC)/C(F)=C(/F)C(=C)OCC1CCC(c2ccc(C3CCC(O)CC3)c(F)c2F)CC1. The summed E-state index contributed by atoms with van der Waals surface area (Å²) in [5.74, 6) is -4.98. The van der Waals surface area contributed by atoms with Crippen LogP contribution in [-0.2, 0) is 9.47 Å². The second kappa shape index (κ2) is 11.2. The standard InChI is InChI=1S/C26H32F4O3/c1-15(32-3)23(27)24(28)16(2)33-14-17-4-6-18(7-5-17)21-12-13-22(26(30)25(21)29)19-8-10-20(31)11-9-19/h12-13,17-20,31H,1-2,4-11,14H2,3H3/b24-23-.